The van der Waals surface area contributed by atoms with Crippen LogP contribution in [0.5, 0.6) is 0 Å². The van der Waals surface area contributed by atoms with Crippen molar-refractivity contribution in [1.29, 1.82) is 0 Å². The van der Waals surface area contributed by atoms with Crippen LogP contribution in [0.15, 0.2) is 15.9 Å². The summed E-state index contributed by atoms with van der Waals surface area (Å²) in [7, 11) is -3.40. The molecule has 16 heavy (non-hydrogen) atoms. The van der Waals surface area contributed by atoms with Crippen LogP contribution in [0.3, 0.4) is 0 Å². The van der Waals surface area contributed by atoms with Gasteiger partial charge in [0.1, 0.15) is 5.69 Å². The van der Waals surface area contributed by atoms with Crippen molar-refractivity contribution in [2.75, 3.05) is 0 Å². The van der Waals surface area contributed by atoms with Gasteiger partial charge in [-0.3, -0.25) is 9.89 Å². The molecule has 0 aromatic carbocycles. The molecule has 1 saturated carbocycles. The van der Waals surface area contributed by atoms with E-state index in [4.69, 9.17) is 0 Å². The molecular formula is C10H14N2O3S. The fourth-order valence-corrected chi connectivity index (χ4v) is 3.73. The predicted octanol–water partition coefficient (Wildman–Crippen LogP) is 0.795. The number of sulfone groups is 1. The van der Waals surface area contributed by atoms with Gasteiger partial charge in [-0.05, 0) is 19.8 Å². The largest absolute Gasteiger partial charge is 0.288 e. The number of aryl methyl sites for hydroxylation is 1. The molecule has 1 heterocycles. The molecule has 1 aromatic heterocycles. The second-order valence-electron chi connectivity index (χ2n) is 4.13. The van der Waals surface area contributed by atoms with Gasteiger partial charge in [-0.15, -0.1) is 0 Å². The van der Waals surface area contributed by atoms with E-state index in [1.165, 1.54) is 0 Å². The Balaban J connectivity index is 2.43. The van der Waals surface area contributed by atoms with Gasteiger partial charge in [-0.2, -0.15) is 5.10 Å². The Labute approximate surface area is 93.8 Å². The summed E-state index contributed by atoms with van der Waals surface area (Å²) in [6.45, 7) is 1.55. The zero-order chi connectivity index (χ0) is 11.8. The molecule has 0 unspecified atom stereocenters. The molecule has 0 saturated heterocycles. The first kappa shape index (κ1) is 11.3. The summed E-state index contributed by atoms with van der Waals surface area (Å²) in [5.41, 5.74) is -0.0549. The van der Waals surface area contributed by atoms with Crippen LogP contribution in [0.4, 0.5) is 0 Å². The van der Waals surface area contributed by atoms with Crippen LogP contribution in [0.2, 0.25) is 0 Å². The average Bonchev–Trinajstić information content (AvgIpc) is 2.75. The summed E-state index contributed by atoms with van der Waals surface area (Å²) in [6, 6.07) is 1.13. The number of nitrogens with one attached hydrogen (secondary N) is 1. The summed E-state index contributed by atoms with van der Waals surface area (Å²) in [4.78, 5) is 11.4. The molecule has 2 rings (SSSR count). The van der Waals surface area contributed by atoms with Crippen LogP contribution < -0.4 is 5.43 Å². The third-order valence-electron chi connectivity index (χ3n) is 3.00. The highest BCUT2D eigenvalue weighted by atomic mass is 32.2. The van der Waals surface area contributed by atoms with Gasteiger partial charge in [-0.1, -0.05) is 12.8 Å². The molecule has 0 spiro atoms. The van der Waals surface area contributed by atoms with Crippen LogP contribution >= 0.6 is 0 Å². The SMILES string of the molecule is Cc1n[nH]c(S(=O)(=O)C2CCCC2)cc1=O. The van der Waals surface area contributed by atoms with Crippen LogP contribution in [-0.4, -0.2) is 23.9 Å². The zero-order valence-corrected chi connectivity index (χ0v) is 9.88. The quantitative estimate of drug-likeness (QED) is 0.831. The molecule has 88 valence electrons. The third kappa shape index (κ3) is 1.89. The molecule has 0 bridgehead atoms. The monoisotopic (exact) mass is 242 g/mol. The summed E-state index contributed by atoms with van der Waals surface area (Å²) in [6.07, 6.45) is 3.23. The summed E-state index contributed by atoms with van der Waals surface area (Å²) in [5, 5.41) is 5.76. The minimum absolute atomic E-state index is 0.0463. The molecule has 1 aliphatic carbocycles. The Hall–Kier alpha value is -1.17. The Bertz CT molecular complexity index is 541. The molecule has 1 fully saturated rings. The van der Waals surface area contributed by atoms with Crippen LogP contribution in [-0.2, 0) is 9.84 Å². The first-order valence-corrected chi connectivity index (χ1v) is 6.86. The van der Waals surface area contributed by atoms with Crippen molar-refractivity contribution >= 4 is 9.84 Å². The molecular weight excluding hydrogens is 228 g/mol. The van der Waals surface area contributed by atoms with Gasteiger partial charge < -0.3 is 0 Å². The van der Waals surface area contributed by atoms with E-state index in [1.54, 1.807) is 6.92 Å². The number of hydrogen-bond acceptors (Lipinski definition) is 4. The van der Waals surface area contributed by atoms with Crippen molar-refractivity contribution in [3.8, 4) is 0 Å². The molecule has 1 N–H and O–H groups in total. The Morgan fingerprint density at radius 3 is 2.56 bits per heavy atom. The zero-order valence-electron chi connectivity index (χ0n) is 9.06. The lowest BCUT2D eigenvalue weighted by atomic mass is 10.4. The number of aromatic nitrogens is 2. The fraction of sp³-hybridized carbons (Fsp3) is 0.600. The first-order chi connectivity index (χ1) is 7.51. The van der Waals surface area contributed by atoms with Gasteiger partial charge in [0.25, 0.3) is 0 Å². The maximum Gasteiger partial charge on any atom is 0.204 e. The van der Waals surface area contributed by atoms with E-state index >= 15 is 0 Å². The van der Waals surface area contributed by atoms with Crippen LogP contribution in [0.1, 0.15) is 31.4 Å². The highest BCUT2D eigenvalue weighted by Crippen LogP contribution is 2.27. The standard InChI is InChI=1S/C10H14N2O3S/c1-7-9(13)6-10(12-11-7)16(14,15)8-4-2-3-5-8/h6,8H,2-5H2,1H3,(H,12,13). The summed E-state index contributed by atoms with van der Waals surface area (Å²) in [5.74, 6) is 0. The van der Waals surface area contributed by atoms with Crippen molar-refractivity contribution in [3.05, 3.63) is 22.0 Å². The number of hydrogen-bond donors (Lipinski definition) is 1. The molecule has 0 aliphatic heterocycles. The Morgan fingerprint density at radius 2 is 2.00 bits per heavy atom. The van der Waals surface area contributed by atoms with Crippen LogP contribution in [0.25, 0.3) is 0 Å². The molecule has 0 radical (unpaired) electrons. The van der Waals surface area contributed by atoms with E-state index in [-0.39, 0.29) is 21.4 Å². The van der Waals surface area contributed by atoms with Crippen molar-refractivity contribution in [2.24, 2.45) is 0 Å². The minimum Gasteiger partial charge on any atom is -0.288 e. The maximum absolute atomic E-state index is 12.1. The average molecular weight is 242 g/mol. The van der Waals surface area contributed by atoms with Crippen molar-refractivity contribution in [2.45, 2.75) is 42.9 Å². The van der Waals surface area contributed by atoms with Crippen molar-refractivity contribution in [3.63, 3.8) is 0 Å². The maximum atomic E-state index is 12.1. The Kier molecular flexibility index (Phi) is 2.84. The smallest absolute Gasteiger partial charge is 0.204 e. The van der Waals surface area contributed by atoms with Gasteiger partial charge in [-0.25, -0.2) is 8.42 Å². The highest BCUT2D eigenvalue weighted by Gasteiger charge is 2.31. The van der Waals surface area contributed by atoms with Crippen molar-refractivity contribution < 1.29 is 8.42 Å². The number of H-pyrrole nitrogens is 1. The van der Waals surface area contributed by atoms with Crippen molar-refractivity contribution in [1.82, 2.24) is 10.2 Å². The van der Waals surface area contributed by atoms with E-state index in [2.05, 4.69) is 10.2 Å². The topological polar surface area (TPSA) is 79.9 Å². The first-order valence-electron chi connectivity index (χ1n) is 5.32. The second-order valence-corrected chi connectivity index (χ2v) is 6.33. The number of rotatable bonds is 2. The van der Waals surface area contributed by atoms with E-state index < -0.39 is 9.84 Å². The number of aromatic amines is 1. The predicted molar refractivity (Wildman–Crippen MR) is 59.0 cm³/mol. The highest BCUT2D eigenvalue weighted by molar-refractivity contribution is 7.92. The summed E-state index contributed by atoms with van der Waals surface area (Å²) < 4.78 is 24.2. The molecule has 0 amide bonds. The van der Waals surface area contributed by atoms with Gasteiger partial charge >= 0.3 is 0 Å². The number of nitrogens with zero attached hydrogens (tertiary/aromatic N) is 1. The van der Waals surface area contributed by atoms with E-state index in [1.807, 2.05) is 0 Å². The molecule has 1 aromatic rings. The molecule has 6 heteroatoms. The van der Waals surface area contributed by atoms with Gasteiger partial charge in [0.15, 0.2) is 14.9 Å². The lowest BCUT2D eigenvalue weighted by Gasteiger charge is -2.10. The lowest BCUT2D eigenvalue weighted by Crippen LogP contribution is -2.22. The van der Waals surface area contributed by atoms with E-state index in [0.717, 1.165) is 18.9 Å². The third-order valence-corrected chi connectivity index (χ3v) is 5.17. The van der Waals surface area contributed by atoms with Gasteiger partial charge in [0, 0.05) is 6.07 Å². The fourth-order valence-electron chi connectivity index (χ4n) is 1.97. The van der Waals surface area contributed by atoms with Gasteiger partial charge in [0.2, 0.25) is 5.43 Å². The van der Waals surface area contributed by atoms with E-state index in [9.17, 15) is 13.2 Å². The minimum atomic E-state index is -3.40. The molecule has 0 atom stereocenters. The second kappa shape index (κ2) is 4.01. The summed E-state index contributed by atoms with van der Waals surface area (Å²) >= 11 is 0. The normalized spacial score (nSPS) is 17.8. The molecule has 1 aliphatic rings. The van der Waals surface area contributed by atoms with Crippen LogP contribution in [0, 0.1) is 6.92 Å². The lowest BCUT2D eigenvalue weighted by molar-refractivity contribution is 0.573. The molecule has 5 nitrogen and oxygen atoms in total. The Morgan fingerprint density at radius 1 is 1.38 bits per heavy atom. The van der Waals surface area contributed by atoms with E-state index in [0.29, 0.717) is 12.8 Å². The van der Waals surface area contributed by atoms with Gasteiger partial charge in [0.05, 0.1) is 5.25 Å².